The summed E-state index contributed by atoms with van der Waals surface area (Å²) in [5.74, 6) is -0.425. The molecule has 1 atom stereocenters. The molecule has 1 aromatic carbocycles. The highest BCUT2D eigenvalue weighted by molar-refractivity contribution is 5.73. The second kappa shape index (κ2) is 4.64. The molecule has 0 saturated heterocycles. The summed E-state index contributed by atoms with van der Waals surface area (Å²) in [6, 6.07) is 7.26. The van der Waals surface area contributed by atoms with E-state index in [1.54, 1.807) is 12.1 Å². The number of hydrogen-bond acceptors (Lipinski definition) is 2. The van der Waals surface area contributed by atoms with Crippen LogP contribution in [0, 0.1) is 0 Å². The highest BCUT2D eigenvalue weighted by atomic mass is 16.5. The lowest BCUT2D eigenvalue weighted by molar-refractivity contribution is -0.144. The SMILES string of the molecule is C=C(C)c1ccccc1OC(C)C(=O)O. The van der Waals surface area contributed by atoms with Crippen molar-refractivity contribution in [2.75, 3.05) is 0 Å². The Labute approximate surface area is 89.0 Å². The lowest BCUT2D eigenvalue weighted by Gasteiger charge is -2.14. The number of ether oxygens (including phenoxy) is 1. The Morgan fingerprint density at radius 2 is 2.07 bits per heavy atom. The summed E-state index contributed by atoms with van der Waals surface area (Å²) in [5, 5.41) is 8.73. The first-order valence-electron chi connectivity index (χ1n) is 4.66. The molecule has 0 saturated carbocycles. The first kappa shape index (κ1) is 11.3. The molecule has 3 heteroatoms. The van der Waals surface area contributed by atoms with Crippen molar-refractivity contribution in [1.29, 1.82) is 0 Å². The minimum absolute atomic E-state index is 0.555. The van der Waals surface area contributed by atoms with Gasteiger partial charge in [-0.2, -0.15) is 0 Å². The monoisotopic (exact) mass is 206 g/mol. The van der Waals surface area contributed by atoms with Crippen LogP contribution in [0.4, 0.5) is 0 Å². The van der Waals surface area contributed by atoms with Crippen LogP contribution in [0.3, 0.4) is 0 Å². The molecule has 0 aliphatic rings. The number of carboxylic acids is 1. The number of carbonyl (C=O) groups is 1. The van der Waals surface area contributed by atoms with Gasteiger partial charge in [-0.05, 0) is 25.5 Å². The van der Waals surface area contributed by atoms with Gasteiger partial charge in [0.15, 0.2) is 6.10 Å². The number of rotatable bonds is 4. The molecule has 0 aliphatic carbocycles. The number of benzene rings is 1. The molecule has 0 heterocycles. The highest BCUT2D eigenvalue weighted by Gasteiger charge is 2.14. The van der Waals surface area contributed by atoms with Gasteiger partial charge in [0.25, 0.3) is 0 Å². The van der Waals surface area contributed by atoms with E-state index in [9.17, 15) is 4.79 Å². The molecule has 0 fully saturated rings. The van der Waals surface area contributed by atoms with E-state index >= 15 is 0 Å². The van der Waals surface area contributed by atoms with Crippen molar-refractivity contribution >= 4 is 11.5 Å². The quantitative estimate of drug-likeness (QED) is 0.823. The van der Waals surface area contributed by atoms with Crippen LogP contribution in [0.25, 0.3) is 5.57 Å². The Balaban J connectivity index is 2.94. The summed E-state index contributed by atoms with van der Waals surface area (Å²) in [6.07, 6.45) is -0.856. The highest BCUT2D eigenvalue weighted by Crippen LogP contribution is 2.25. The van der Waals surface area contributed by atoms with Gasteiger partial charge in [0.1, 0.15) is 5.75 Å². The summed E-state index contributed by atoms with van der Waals surface area (Å²) < 4.78 is 5.31. The van der Waals surface area contributed by atoms with Gasteiger partial charge in [0.2, 0.25) is 0 Å². The third-order valence-corrected chi connectivity index (χ3v) is 2.00. The van der Waals surface area contributed by atoms with Gasteiger partial charge in [-0.1, -0.05) is 24.8 Å². The standard InChI is InChI=1S/C12H14O3/c1-8(2)10-6-4-5-7-11(10)15-9(3)12(13)14/h4-7,9H,1H2,2-3H3,(H,13,14). The fourth-order valence-electron chi connectivity index (χ4n) is 1.16. The Bertz CT molecular complexity index is 382. The van der Waals surface area contributed by atoms with Crippen LogP contribution in [0.2, 0.25) is 0 Å². The molecule has 0 amide bonds. The Morgan fingerprint density at radius 3 is 2.60 bits per heavy atom. The second-order valence-electron chi connectivity index (χ2n) is 3.37. The van der Waals surface area contributed by atoms with E-state index in [0.717, 1.165) is 11.1 Å². The van der Waals surface area contributed by atoms with Gasteiger partial charge < -0.3 is 9.84 Å². The maximum atomic E-state index is 10.6. The fourth-order valence-corrected chi connectivity index (χ4v) is 1.16. The minimum Gasteiger partial charge on any atom is -0.479 e. The zero-order valence-electron chi connectivity index (χ0n) is 8.86. The molecule has 80 valence electrons. The Kier molecular flexibility index (Phi) is 3.50. The van der Waals surface area contributed by atoms with Gasteiger partial charge >= 0.3 is 5.97 Å². The summed E-state index contributed by atoms with van der Waals surface area (Å²) in [5.41, 5.74) is 1.69. The zero-order chi connectivity index (χ0) is 11.4. The van der Waals surface area contributed by atoms with Gasteiger partial charge in [-0.3, -0.25) is 0 Å². The van der Waals surface area contributed by atoms with Crippen LogP contribution >= 0.6 is 0 Å². The summed E-state index contributed by atoms with van der Waals surface area (Å²) in [4.78, 5) is 10.6. The smallest absolute Gasteiger partial charge is 0.344 e. The number of para-hydroxylation sites is 1. The molecule has 0 bridgehead atoms. The molecule has 1 aromatic rings. The molecular formula is C12H14O3. The maximum Gasteiger partial charge on any atom is 0.344 e. The lowest BCUT2D eigenvalue weighted by Crippen LogP contribution is -2.23. The third kappa shape index (κ3) is 2.84. The first-order valence-corrected chi connectivity index (χ1v) is 4.66. The predicted octanol–water partition coefficient (Wildman–Crippen LogP) is 2.57. The molecule has 0 radical (unpaired) electrons. The molecule has 0 aromatic heterocycles. The van der Waals surface area contributed by atoms with Crippen LogP contribution in [-0.2, 0) is 4.79 Å². The average molecular weight is 206 g/mol. The maximum absolute atomic E-state index is 10.6. The van der Waals surface area contributed by atoms with Gasteiger partial charge in [0, 0.05) is 5.56 Å². The molecule has 15 heavy (non-hydrogen) atoms. The van der Waals surface area contributed by atoms with Crippen molar-refractivity contribution in [3.63, 3.8) is 0 Å². The normalized spacial score (nSPS) is 11.9. The Morgan fingerprint density at radius 1 is 1.47 bits per heavy atom. The number of hydrogen-bond donors (Lipinski definition) is 1. The summed E-state index contributed by atoms with van der Waals surface area (Å²) in [6.45, 7) is 7.16. The van der Waals surface area contributed by atoms with E-state index < -0.39 is 12.1 Å². The summed E-state index contributed by atoms with van der Waals surface area (Å²) in [7, 11) is 0. The zero-order valence-corrected chi connectivity index (χ0v) is 8.86. The summed E-state index contributed by atoms with van der Waals surface area (Å²) >= 11 is 0. The molecule has 3 nitrogen and oxygen atoms in total. The predicted molar refractivity (Wildman–Crippen MR) is 58.9 cm³/mol. The van der Waals surface area contributed by atoms with E-state index in [0.29, 0.717) is 5.75 Å². The van der Waals surface area contributed by atoms with E-state index in [1.165, 1.54) is 6.92 Å². The topological polar surface area (TPSA) is 46.5 Å². The molecule has 1 rings (SSSR count). The van der Waals surface area contributed by atoms with E-state index in [1.807, 2.05) is 19.1 Å². The van der Waals surface area contributed by atoms with E-state index in [2.05, 4.69) is 6.58 Å². The molecule has 0 spiro atoms. The van der Waals surface area contributed by atoms with Crippen molar-refractivity contribution in [1.82, 2.24) is 0 Å². The van der Waals surface area contributed by atoms with Crippen molar-refractivity contribution in [3.8, 4) is 5.75 Å². The first-order chi connectivity index (χ1) is 7.02. The Hall–Kier alpha value is -1.77. The fraction of sp³-hybridized carbons (Fsp3) is 0.250. The number of aliphatic carboxylic acids is 1. The largest absolute Gasteiger partial charge is 0.479 e. The van der Waals surface area contributed by atoms with Crippen LogP contribution in [-0.4, -0.2) is 17.2 Å². The third-order valence-electron chi connectivity index (χ3n) is 2.00. The van der Waals surface area contributed by atoms with Crippen LogP contribution in [0.5, 0.6) is 5.75 Å². The minimum atomic E-state index is -0.980. The van der Waals surface area contributed by atoms with E-state index in [4.69, 9.17) is 9.84 Å². The van der Waals surface area contributed by atoms with Crippen LogP contribution < -0.4 is 4.74 Å². The number of allylic oxidation sites excluding steroid dienone is 1. The van der Waals surface area contributed by atoms with Crippen LogP contribution in [0.15, 0.2) is 30.8 Å². The second-order valence-corrected chi connectivity index (χ2v) is 3.37. The van der Waals surface area contributed by atoms with Crippen molar-refractivity contribution in [3.05, 3.63) is 36.4 Å². The molecule has 1 N–H and O–H groups in total. The van der Waals surface area contributed by atoms with Crippen molar-refractivity contribution in [2.24, 2.45) is 0 Å². The van der Waals surface area contributed by atoms with Crippen LogP contribution in [0.1, 0.15) is 19.4 Å². The molecular weight excluding hydrogens is 192 g/mol. The van der Waals surface area contributed by atoms with E-state index in [-0.39, 0.29) is 0 Å². The van der Waals surface area contributed by atoms with Crippen molar-refractivity contribution < 1.29 is 14.6 Å². The van der Waals surface area contributed by atoms with Gasteiger partial charge in [-0.25, -0.2) is 4.79 Å². The average Bonchev–Trinajstić information content (AvgIpc) is 2.18. The molecule has 0 aliphatic heterocycles. The number of carboxylic acid groups (broad SMARTS) is 1. The van der Waals surface area contributed by atoms with Gasteiger partial charge in [-0.15, -0.1) is 0 Å². The van der Waals surface area contributed by atoms with Gasteiger partial charge in [0.05, 0.1) is 0 Å². The van der Waals surface area contributed by atoms with Crippen molar-refractivity contribution in [2.45, 2.75) is 20.0 Å². The molecule has 1 unspecified atom stereocenters. The lowest BCUT2D eigenvalue weighted by atomic mass is 10.1.